The summed E-state index contributed by atoms with van der Waals surface area (Å²) in [5.74, 6) is 0. The number of hydrogen-bond acceptors (Lipinski definition) is 1. The summed E-state index contributed by atoms with van der Waals surface area (Å²) in [5, 5.41) is -0.350. The second-order valence-corrected chi connectivity index (χ2v) is 10.0. The zero-order chi connectivity index (χ0) is 22.8. The highest BCUT2D eigenvalue weighted by atomic mass is 35.5. The molecule has 0 heterocycles. The Labute approximate surface area is 201 Å². The lowest BCUT2D eigenvalue weighted by molar-refractivity contribution is 0.108. The van der Waals surface area contributed by atoms with E-state index in [9.17, 15) is 4.79 Å². The van der Waals surface area contributed by atoms with E-state index in [1.807, 2.05) is 6.07 Å². The molecule has 0 bridgehead atoms. The first-order valence-electron chi connectivity index (χ1n) is 13.1. The molecule has 1 aliphatic carbocycles. The van der Waals surface area contributed by atoms with Gasteiger partial charge in [-0.1, -0.05) is 121 Å². The number of fused-ring (bicyclic) bond motifs is 3. The molecular formula is C30H41ClO. The fraction of sp³-hybridized carbons (Fsp3) is 0.567. The average molecular weight is 453 g/mol. The molecule has 0 saturated carbocycles. The highest BCUT2D eigenvalue weighted by Gasteiger charge is 2.42. The molecule has 1 nitrogen and oxygen atoms in total. The minimum absolute atomic E-state index is 0.0176. The Hall–Kier alpha value is -1.60. The summed E-state index contributed by atoms with van der Waals surface area (Å²) >= 11 is 5.92. The summed E-state index contributed by atoms with van der Waals surface area (Å²) in [4.78, 5) is 12.0. The first-order valence-corrected chi connectivity index (χ1v) is 13.5. The summed E-state index contributed by atoms with van der Waals surface area (Å²) in [6, 6.07) is 15.1. The van der Waals surface area contributed by atoms with E-state index in [1.54, 1.807) is 0 Å². The molecule has 0 radical (unpaired) electrons. The van der Waals surface area contributed by atoms with Crippen molar-refractivity contribution in [1.82, 2.24) is 0 Å². The van der Waals surface area contributed by atoms with Crippen molar-refractivity contribution in [2.24, 2.45) is 0 Å². The van der Waals surface area contributed by atoms with Crippen molar-refractivity contribution in [1.29, 1.82) is 0 Å². The fourth-order valence-corrected chi connectivity index (χ4v) is 5.77. The topological polar surface area (TPSA) is 17.1 Å². The van der Waals surface area contributed by atoms with E-state index in [4.69, 9.17) is 11.6 Å². The molecule has 0 fully saturated rings. The molecule has 174 valence electrons. The van der Waals surface area contributed by atoms with Gasteiger partial charge in [0, 0.05) is 11.0 Å². The number of rotatable bonds is 15. The van der Waals surface area contributed by atoms with Gasteiger partial charge in [0.15, 0.2) is 0 Å². The minimum Gasteiger partial charge on any atom is -0.276 e. The van der Waals surface area contributed by atoms with Crippen molar-refractivity contribution in [3.8, 4) is 11.1 Å². The predicted molar refractivity (Wildman–Crippen MR) is 139 cm³/mol. The van der Waals surface area contributed by atoms with Gasteiger partial charge in [-0.3, -0.25) is 4.79 Å². The molecule has 2 aromatic rings. The zero-order valence-corrected chi connectivity index (χ0v) is 21.0. The molecular weight excluding hydrogens is 412 g/mol. The first-order chi connectivity index (χ1) is 15.6. The third kappa shape index (κ3) is 5.84. The van der Waals surface area contributed by atoms with Gasteiger partial charge in [-0.2, -0.15) is 0 Å². The maximum Gasteiger partial charge on any atom is 0.252 e. The van der Waals surface area contributed by atoms with Crippen molar-refractivity contribution in [3.05, 3.63) is 59.2 Å². The van der Waals surface area contributed by atoms with Crippen LogP contribution in [0.15, 0.2) is 42.5 Å². The molecule has 0 spiro atoms. The SMILES string of the molecule is CCCCCCCCC1(CCCCCCCC)c2ccccc2-c2ccc(C(=O)Cl)cc21. The Bertz CT molecular complexity index is 853. The Morgan fingerprint density at radius 1 is 0.688 bits per heavy atom. The van der Waals surface area contributed by atoms with Gasteiger partial charge < -0.3 is 0 Å². The lowest BCUT2D eigenvalue weighted by Crippen LogP contribution is -2.25. The number of carbonyl (C=O) groups is 1. The summed E-state index contributed by atoms with van der Waals surface area (Å²) in [6.45, 7) is 4.55. The maximum absolute atomic E-state index is 12.0. The van der Waals surface area contributed by atoms with Gasteiger partial charge in [0.2, 0.25) is 0 Å². The monoisotopic (exact) mass is 452 g/mol. The minimum atomic E-state index is -0.350. The molecule has 3 rings (SSSR count). The Morgan fingerprint density at radius 2 is 1.22 bits per heavy atom. The van der Waals surface area contributed by atoms with Crippen LogP contribution in [0.1, 0.15) is 125 Å². The molecule has 2 aromatic carbocycles. The van der Waals surface area contributed by atoms with E-state index in [2.05, 4.69) is 50.2 Å². The summed E-state index contributed by atoms with van der Waals surface area (Å²) in [5.41, 5.74) is 6.12. The van der Waals surface area contributed by atoms with Gasteiger partial charge in [-0.05, 0) is 58.8 Å². The molecule has 1 aliphatic rings. The van der Waals surface area contributed by atoms with E-state index in [1.165, 1.54) is 99.3 Å². The van der Waals surface area contributed by atoms with E-state index in [0.717, 1.165) is 12.8 Å². The summed E-state index contributed by atoms with van der Waals surface area (Å²) < 4.78 is 0. The molecule has 0 aliphatic heterocycles. The highest BCUT2D eigenvalue weighted by Crippen LogP contribution is 2.54. The van der Waals surface area contributed by atoms with Crippen molar-refractivity contribution in [2.75, 3.05) is 0 Å². The second kappa shape index (κ2) is 12.6. The van der Waals surface area contributed by atoms with Gasteiger partial charge in [-0.25, -0.2) is 0 Å². The Balaban J connectivity index is 1.87. The smallest absolute Gasteiger partial charge is 0.252 e. The maximum atomic E-state index is 12.0. The van der Waals surface area contributed by atoms with Crippen LogP contribution in [-0.2, 0) is 5.41 Å². The molecule has 0 atom stereocenters. The summed E-state index contributed by atoms with van der Waals surface area (Å²) in [6.07, 6.45) is 18.0. The second-order valence-electron chi connectivity index (χ2n) is 9.70. The number of benzene rings is 2. The van der Waals surface area contributed by atoms with Gasteiger partial charge >= 0.3 is 0 Å². The highest BCUT2D eigenvalue weighted by molar-refractivity contribution is 6.67. The van der Waals surface area contributed by atoms with Crippen molar-refractivity contribution in [3.63, 3.8) is 0 Å². The van der Waals surface area contributed by atoms with Crippen LogP contribution in [0.5, 0.6) is 0 Å². The number of carbonyl (C=O) groups excluding carboxylic acids is 1. The van der Waals surface area contributed by atoms with Crippen LogP contribution in [0.4, 0.5) is 0 Å². The standard InChI is InChI=1S/C30H41ClO/c1-3-5-7-9-11-15-21-30(22-16-12-10-8-6-4-2)27-18-14-13-17-25(27)26-20-19-24(29(31)32)23-28(26)30/h13-14,17-20,23H,3-12,15-16,21-22H2,1-2H3. The molecule has 0 amide bonds. The van der Waals surface area contributed by atoms with Crippen molar-refractivity contribution >= 4 is 16.8 Å². The Kier molecular flexibility index (Phi) is 9.85. The molecule has 32 heavy (non-hydrogen) atoms. The largest absolute Gasteiger partial charge is 0.276 e. The van der Waals surface area contributed by atoms with Crippen LogP contribution < -0.4 is 0 Å². The van der Waals surface area contributed by atoms with Gasteiger partial charge in [-0.15, -0.1) is 0 Å². The lowest BCUT2D eigenvalue weighted by Gasteiger charge is -2.33. The normalized spacial score (nSPS) is 13.7. The zero-order valence-electron chi connectivity index (χ0n) is 20.2. The van der Waals surface area contributed by atoms with Gasteiger partial charge in [0.25, 0.3) is 5.24 Å². The van der Waals surface area contributed by atoms with Crippen LogP contribution in [0, 0.1) is 0 Å². The lowest BCUT2D eigenvalue weighted by atomic mass is 9.70. The van der Waals surface area contributed by atoms with Crippen LogP contribution >= 0.6 is 11.6 Å². The number of hydrogen-bond donors (Lipinski definition) is 0. The average Bonchev–Trinajstić information content (AvgIpc) is 3.08. The van der Waals surface area contributed by atoms with Crippen LogP contribution in [0.25, 0.3) is 11.1 Å². The third-order valence-corrected chi connectivity index (χ3v) is 7.63. The fourth-order valence-electron chi connectivity index (χ4n) is 5.66. The third-order valence-electron chi connectivity index (χ3n) is 7.41. The van der Waals surface area contributed by atoms with Crippen molar-refractivity contribution in [2.45, 2.75) is 109 Å². The summed E-state index contributed by atoms with van der Waals surface area (Å²) in [7, 11) is 0. The van der Waals surface area contributed by atoms with E-state index in [0.29, 0.717) is 5.56 Å². The quantitative estimate of drug-likeness (QED) is 0.194. The van der Waals surface area contributed by atoms with Crippen LogP contribution in [0.3, 0.4) is 0 Å². The molecule has 0 N–H and O–H groups in total. The Morgan fingerprint density at radius 3 is 1.81 bits per heavy atom. The number of halogens is 1. The number of unbranched alkanes of at least 4 members (excludes halogenated alkanes) is 10. The van der Waals surface area contributed by atoms with Crippen LogP contribution in [-0.4, -0.2) is 5.24 Å². The molecule has 0 saturated heterocycles. The van der Waals surface area contributed by atoms with Crippen molar-refractivity contribution < 1.29 is 4.79 Å². The first kappa shape index (κ1) is 25.0. The van der Waals surface area contributed by atoms with Crippen LogP contribution in [0.2, 0.25) is 0 Å². The predicted octanol–water partition coefficient (Wildman–Crippen LogP) is 9.83. The molecule has 0 aromatic heterocycles. The van der Waals surface area contributed by atoms with Gasteiger partial charge in [0.1, 0.15) is 0 Å². The van der Waals surface area contributed by atoms with Gasteiger partial charge in [0.05, 0.1) is 0 Å². The molecule has 0 unspecified atom stereocenters. The van der Waals surface area contributed by atoms with E-state index >= 15 is 0 Å². The van der Waals surface area contributed by atoms with E-state index < -0.39 is 0 Å². The van der Waals surface area contributed by atoms with E-state index in [-0.39, 0.29) is 10.7 Å². The molecule has 2 heteroatoms.